The Balaban J connectivity index is 1.81. The van der Waals surface area contributed by atoms with Gasteiger partial charge in [-0.1, -0.05) is 42.0 Å². The molecule has 1 amide bonds. The minimum Gasteiger partial charge on any atom is -0.324 e. The third-order valence-electron chi connectivity index (χ3n) is 4.15. The Morgan fingerprint density at radius 3 is 2.81 bits per heavy atom. The number of aryl methyl sites for hydroxylation is 1. The van der Waals surface area contributed by atoms with Gasteiger partial charge in [0, 0.05) is 18.8 Å². The van der Waals surface area contributed by atoms with Gasteiger partial charge in [-0.05, 0) is 36.1 Å². The predicted octanol–water partition coefficient (Wildman–Crippen LogP) is 2.76. The predicted molar refractivity (Wildman–Crippen MR) is 85.4 cm³/mol. The fourth-order valence-corrected chi connectivity index (χ4v) is 2.93. The van der Waals surface area contributed by atoms with E-state index < -0.39 is 0 Å². The molecule has 3 heteroatoms. The van der Waals surface area contributed by atoms with Gasteiger partial charge in [-0.25, -0.2) is 0 Å². The molecule has 0 bridgehead atoms. The normalized spacial score (nSPS) is 15.2. The molecule has 0 radical (unpaired) electrons. The quantitative estimate of drug-likeness (QED) is 0.939. The van der Waals surface area contributed by atoms with Gasteiger partial charge in [-0.15, -0.1) is 0 Å². The maximum Gasteiger partial charge on any atom is 0.231 e. The summed E-state index contributed by atoms with van der Waals surface area (Å²) in [5, 5.41) is 0. The summed E-state index contributed by atoms with van der Waals surface area (Å²) in [6, 6.07) is 14.5. The number of anilines is 1. The second-order valence-electron chi connectivity index (χ2n) is 5.82. The summed E-state index contributed by atoms with van der Waals surface area (Å²) in [5.74, 6) is 0.148. The summed E-state index contributed by atoms with van der Waals surface area (Å²) in [7, 11) is 1.82. The van der Waals surface area contributed by atoms with Crippen LogP contribution in [0.1, 0.15) is 28.3 Å². The van der Waals surface area contributed by atoms with Crippen LogP contribution < -0.4 is 10.6 Å². The van der Waals surface area contributed by atoms with Gasteiger partial charge in [0.1, 0.15) is 0 Å². The topological polar surface area (TPSA) is 46.3 Å². The number of amides is 1. The van der Waals surface area contributed by atoms with Crippen LogP contribution in [0.4, 0.5) is 5.69 Å². The van der Waals surface area contributed by atoms with E-state index in [4.69, 9.17) is 5.73 Å². The average Bonchev–Trinajstić information content (AvgIpc) is 2.73. The molecular formula is C18H20N2O. The number of fused-ring (bicyclic) bond motifs is 1. The van der Waals surface area contributed by atoms with Gasteiger partial charge in [-0.3, -0.25) is 4.79 Å². The lowest BCUT2D eigenvalue weighted by Gasteiger charge is -2.15. The molecule has 1 aliphatic heterocycles. The van der Waals surface area contributed by atoms with Crippen molar-refractivity contribution in [3.63, 3.8) is 0 Å². The molecule has 2 aromatic carbocycles. The minimum absolute atomic E-state index is 0.0434. The molecule has 0 spiro atoms. The first-order valence-electron chi connectivity index (χ1n) is 7.25. The van der Waals surface area contributed by atoms with Crippen molar-refractivity contribution in [2.24, 2.45) is 5.73 Å². The van der Waals surface area contributed by atoms with Gasteiger partial charge >= 0.3 is 0 Å². The summed E-state index contributed by atoms with van der Waals surface area (Å²) >= 11 is 0. The molecule has 2 aromatic rings. The number of nitrogens with two attached hydrogens (primary N) is 1. The van der Waals surface area contributed by atoms with E-state index in [9.17, 15) is 4.79 Å². The molecule has 1 unspecified atom stereocenters. The highest BCUT2D eigenvalue weighted by Crippen LogP contribution is 2.30. The molecule has 0 saturated carbocycles. The van der Waals surface area contributed by atoms with Crippen LogP contribution in [0, 0.1) is 6.92 Å². The van der Waals surface area contributed by atoms with Gasteiger partial charge in [0.2, 0.25) is 5.91 Å². The lowest BCUT2D eigenvalue weighted by atomic mass is 9.96. The fraction of sp³-hybridized carbons (Fsp3) is 0.278. The third-order valence-corrected chi connectivity index (χ3v) is 4.15. The molecule has 1 atom stereocenters. The monoisotopic (exact) mass is 280 g/mol. The van der Waals surface area contributed by atoms with Crippen molar-refractivity contribution >= 4 is 11.6 Å². The van der Waals surface area contributed by atoms with E-state index in [1.165, 1.54) is 11.1 Å². The Hall–Kier alpha value is -2.13. The lowest BCUT2D eigenvalue weighted by molar-refractivity contribution is -0.117. The highest BCUT2D eigenvalue weighted by atomic mass is 16.2. The molecule has 3 nitrogen and oxygen atoms in total. The van der Waals surface area contributed by atoms with Crippen molar-refractivity contribution in [3.8, 4) is 0 Å². The number of carbonyl (C=O) groups excluding carboxylic acids is 1. The van der Waals surface area contributed by atoms with E-state index in [-0.39, 0.29) is 11.9 Å². The second kappa shape index (κ2) is 5.34. The van der Waals surface area contributed by atoms with E-state index in [1.54, 1.807) is 4.90 Å². The summed E-state index contributed by atoms with van der Waals surface area (Å²) in [5.41, 5.74) is 12.0. The van der Waals surface area contributed by atoms with Gasteiger partial charge in [0.15, 0.2) is 0 Å². The van der Waals surface area contributed by atoms with Crippen molar-refractivity contribution in [2.75, 3.05) is 11.9 Å². The largest absolute Gasteiger partial charge is 0.324 e. The Morgan fingerprint density at radius 1 is 1.24 bits per heavy atom. The molecule has 0 aromatic heterocycles. The zero-order valence-electron chi connectivity index (χ0n) is 12.5. The van der Waals surface area contributed by atoms with E-state index >= 15 is 0 Å². The van der Waals surface area contributed by atoms with E-state index in [0.717, 1.165) is 23.2 Å². The highest BCUT2D eigenvalue weighted by molar-refractivity contribution is 6.00. The lowest BCUT2D eigenvalue weighted by Crippen LogP contribution is -2.20. The van der Waals surface area contributed by atoms with E-state index in [1.807, 2.05) is 19.2 Å². The number of carbonyl (C=O) groups is 1. The maximum absolute atomic E-state index is 11.7. The van der Waals surface area contributed by atoms with Crippen LogP contribution in [-0.2, 0) is 17.6 Å². The van der Waals surface area contributed by atoms with Crippen molar-refractivity contribution in [3.05, 3.63) is 64.7 Å². The van der Waals surface area contributed by atoms with E-state index in [0.29, 0.717) is 6.42 Å². The number of hydrogen-bond donors (Lipinski definition) is 1. The standard InChI is InChI=1S/C18H20N2O/c1-12-4-3-5-13(8-12)9-16(19)14-6-7-17-15(10-14)11-18(21)20(17)2/h3-8,10,16H,9,11,19H2,1-2H3. The van der Waals surface area contributed by atoms with Gasteiger partial charge in [0.05, 0.1) is 6.42 Å². The summed E-state index contributed by atoms with van der Waals surface area (Å²) in [4.78, 5) is 13.4. The highest BCUT2D eigenvalue weighted by Gasteiger charge is 2.24. The Labute approximate surface area is 125 Å². The molecule has 1 aliphatic rings. The molecule has 2 N–H and O–H groups in total. The Morgan fingerprint density at radius 2 is 2.05 bits per heavy atom. The number of benzene rings is 2. The number of nitrogens with zero attached hydrogens (tertiary/aromatic N) is 1. The first-order chi connectivity index (χ1) is 10.0. The zero-order valence-corrected chi connectivity index (χ0v) is 12.5. The first kappa shape index (κ1) is 13.8. The minimum atomic E-state index is -0.0434. The van der Waals surface area contributed by atoms with E-state index in [2.05, 4.69) is 37.3 Å². The van der Waals surface area contributed by atoms with Crippen LogP contribution in [0.2, 0.25) is 0 Å². The van der Waals surface area contributed by atoms with Gasteiger partial charge in [-0.2, -0.15) is 0 Å². The van der Waals surface area contributed by atoms with Crippen molar-refractivity contribution in [1.29, 1.82) is 0 Å². The first-order valence-corrected chi connectivity index (χ1v) is 7.25. The molecule has 0 fully saturated rings. The molecule has 3 rings (SSSR count). The summed E-state index contributed by atoms with van der Waals surface area (Å²) in [6.07, 6.45) is 1.29. The van der Waals surface area contributed by atoms with Crippen molar-refractivity contribution in [1.82, 2.24) is 0 Å². The summed E-state index contributed by atoms with van der Waals surface area (Å²) in [6.45, 7) is 2.09. The zero-order chi connectivity index (χ0) is 15.0. The SMILES string of the molecule is Cc1cccc(CC(N)c2ccc3c(c2)CC(=O)N3C)c1. The van der Waals surface area contributed by atoms with Crippen LogP contribution in [-0.4, -0.2) is 13.0 Å². The molecule has 1 heterocycles. The molecule has 0 aliphatic carbocycles. The van der Waals surface area contributed by atoms with Crippen LogP contribution >= 0.6 is 0 Å². The molecule has 0 saturated heterocycles. The second-order valence-corrected chi connectivity index (χ2v) is 5.82. The third kappa shape index (κ3) is 2.69. The van der Waals surface area contributed by atoms with Crippen LogP contribution in [0.25, 0.3) is 0 Å². The maximum atomic E-state index is 11.7. The molecule has 21 heavy (non-hydrogen) atoms. The fourth-order valence-electron chi connectivity index (χ4n) is 2.93. The number of rotatable bonds is 3. The van der Waals surface area contributed by atoms with Gasteiger partial charge in [0.25, 0.3) is 0 Å². The average molecular weight is 280 g/mol. The number of likely N-dealkylation sites (N-methyl/N-ethyl adjacent to an activating group) is 1. The number of hydrogen-bond acceptors (Lipinski definition) is 2. The molecule has 108 valence electrons. The van der Waals surface area contributed by atoms with Gasteiger partial charge < -0.3 is 10.6 Å². The van der Waals surface area contributed by atoms with Crippen LogP contribution in [0.15, 0.2) is 42.5 Å². The van der Waals surface area contributed by atoms with Crippen LogP contribution in [0.5, 0.6) is 0 Å². The smallest absolute Gasteiger partial charge is 0.231 e. The van der Waals surface area contributed by atoms with Crippen LogP contribution in [0.3, 0.4) is 0 Å². The Bertz CT molecular complexity index is 693. The summed E-state index contributed by atoms with van der Waals surface area (Å²) < 4.78 is 0. The Kier molecular flexibility index (Phi) is 3.52. The van der Waals surface area contributed by atoms with Crippen molar-refractivity contribution in [2.45, 2.75) is 25.8 Å². The molecular weight excluding hydrogens is 260 g/mol. The van der Waals surface area contributed by atoms with Crippen molar-refractivity contribution < 1.29 is 4.79 Å².